The van der Waals surface area contributed by atoms with E-state index in [4.69, 9.17) is 9.15 Å². The summed E-state index contributed by atoms with van der Waals surface area (Å²) >= 11 is 0. The summed E-state index contributed by atoms with van der Waals surface area (Å²) in [5, 5.41) is 5.96. The summed E-state index contributed by atoms with van der Waals surface area (Å²) in [5.74, 6) is 0.493. The topological polar surface area (TPSA) is 101 Å². The van der Waals surface area contributed by atoms with Crippen molar-refractivity contribution in [3.8, 4) is 5.75 Å². The molecule has 0 aliphatic carbocycles. The Kier molecular flexibility index (Phi) is 6.00. The Labute approximate surface area is 186 Å². The van der Waals surface area contributed by atoms with Gasteiger partial charge in [-0.15, -0.1) is 0 Å². The minimum atomic E-state index is -3.51. The zero-order chi connectivity index (χ0) is 22.7. The molecule has 0 radical (unpaired) electrons. The second kappa shape index (κ2) is 8.88. The van der Waals surface area contributed by atoms with E-state index in [-0.39, 0.29) is 5.76 Å². The number of ether oxygens (including phenoxy) is 1. The molecule has 2 aromatic carbocycles. The number of rotatable bonds is 7. The van der Waals surface area contributed by atoms with Crippen LogP contribution >= 0.6 is 0 Å². The van der Waals surface area contributed by atoms with Gasteiger partial charge in [0, 0.05) is 12.0 Å². The maximum absolute atomic E-state index is 13.2. The number of amides is 1. The molecule has 1 aliphatic heterocycles. The van der Waals surface area contributed by atoms with Gasteiger partial charge in [0.05, 0.1) is 36.6 Å². The van der Waals surface area contributed by atoms with Gasteiger partial charge in [-0.3, -0.25) is 9.52 Å². The highest BCUT2D eigenvalue weighted by Gasteiger charge is 2.36. The Morgan fingerprint density at radius 1 is 1.16 bits per heavy atom. The van der Waals surface area contributed by atoms with Gasteiger partial charge < -0.3 is 9.15 Å². The molecule has 0 unspecified atom stereocenters. The van der Waals surface area contributed by atoms with E-state index in [0.717, 1.165) is 17.6 Å². The molecule has 3 aromatic rings. The molecular formula is C23H23N3O5S. The molecule has 1 N–H and O–H groups in total. The molecule has 1 atom stereocenters. The normalized spacial score (nSPS) is 16.0. The molecule has 8 nitrogen and oxygen atoms in total. The number of nitrogens with zero attached hydrogens (tertiary/aromatic N) is 2. The van der Waals surface area contributed by atoms with Crippen molar-refractivity contribution in [2.75, 3.05) is 17.6 Å². The van der Waals surface area contributed by atoms with Crippen LogP contribution in [0.1, 0.15) is 41.1 Å². The molecule has 166 valence electrons. The lowest BCUT2D eigenvalue weighted by atomic mass is 9.97. The van der Waals surface area contributed by atoms with Crippen LogP contribution in [0.3, 0.4) is 0 Å². The predicted molar refractivity (Wildman–Crippen MR) is 121 cm³/mol. The largest absolute Gasteiger partial charge is 0.494 e. The van der Waals surface area contributed by atoms with Crippen molar-refractivity contribution in [1.29, 1.82) is 0 Å². The monoisotopic (exact) mass is 453 g/mol. The maximum atomic E-state index is 13.2. The Bertz CT molecular complexity index is 1230. The number of benzene rings is 2. The van der Waals surface area contributed by atoms with Crippen LogP contribution < -0.4 is 9.46 Å². The predicted octanol–water partition coefficient (Wildman–Crippen LogP) is 4.04. The van der Waals surface area contributed by atoms with Gasteiger partial charge in [-0.05, 0) is 55.0 Å². The van der Waals surface area contributed by atoms with E-state index in [1.807, 2.05) is 31.2 Å². The molecule has 0 spiro atoms. The Morgan fingerprint density at radius 3 is 2.56 bits per heavy atom. The summed E-state index contributed by atoms with van der Waals surface area (Å²) < 4.78 is 37.1. The zero-order valence-corrected chi connectivity index (χ0v) is 18.5. The van der Waals surface area contributed by atoms with Crippen LogP contribution in [-0.4, -0.2) is 37.9 Å². The second-order valence-electron chi connectivity index (χ2n) is 7.31. The van der Waals surface area contributed by atoms with Crippen LogP contribution in [0.2, 0.25) is 0 Å². The minimum Gasteiger partial charge on any atom is -0.494 e. The Hall–Kier alpha value is -3.59. The van der Waals surface area contributed by atoms with E-state index in [1.54, 1.807) is 36.4 Å². The van der Waals surface area contributed by atoms with Crippen LogP contribution in [0, 0.1) is 0 Å². The fourth-order valence-electron chi connectivity index (χ4n) is 3.62. The summed E-state index contributed by atoms with van der Waals surface area (Å²) in [6.45, 7) is 2.48. The minimum absolute atomic E-state index is 0.153. The van der Waals surface area contributed by atoms with E-state index in [0.29, 0.717) is 30.0 Å². The fourth-order valence-corrected chi connectivity index (χ4v) is 4.20. The first kappa shape index (κ1) is 21.6. The molecule has 1 aliphatic rings. The molecule has 0 saturated carbocycles. The number of anilines is 1. The molecule has 0 saturated heterocycles. The van der Waals surface area contributed by atoms with Gasteiger partial charge in [-0.25, -0.2) is 13.4 Å². The van der Waals surface area contributed by atoms with Crippen LogP contribution in [0.5, 0.6) is 5.75 Å². The van der Waals surface area contributed by atoms with E-state index < -0.39 is 22.0 Å². The van der Waals surface area contributed by atoms with Crippen LogP contribution in [0.25, 0.3) is 0 Å². The van der Waals surface area contributed by atoms with Crippen LogP contribution in [0.4, 0.5) is 5.69 Å². The first-order valence-corrected chi connectivity index (χ1v) is 12.0. The van der Waals surface area contributed by atoms with Gasteiger partial charge in [-0.1, -0.05) is 18.2 Å². The third-order valence-corrected chi connectivity index (χ3v) is 5.55. The molecule has 0 fully saturated rings. The van der Waals surface area contributed by atoms with Gasteiger partial charge in [0.25, 0.3) is 0 Å². The van der Waals surface area contributed by atoms with Crippen molar-refractivity contribution in [1.82, 2.24) is 5.01 Å². The highest BCUT2D eigenvalue weighted by atomic mass is 32.2. The van der Waals surface area contributed by atoms with Gasteiger partial charge in [0.1, 0.15) is 5.75 Å². The Balaban J connectivity index is 1.73. The zero-order valence-electron chi connectivity index (χ0n) is 17.7. The summed E-state index contributed by atoms with van der Waals surface area (Å²) in [5.41, 5.74) is 2.59. The van der Waals surface area contributed by atoms with E-state index in [9.17, 15) is 13.2 Å². The molecule has 0 bridgehead atoms. The van der Waals surface area contributed by atoms with Gasteiger partial charge in [0.2, 0.25) is 10.0 Å². The molecule has 2 heterocycles. The van der Waals surface area contributed by atoms with E-state index in [2.05, 4.69) is 9.82 Å². The average Bonchev–Trinajstić information content (AvgIpc) is 3.44. The lowest BCUT2D eigenvalue weighted by Crippen LogP contribution is -2.27. The first-order valence-electron chi connectivity index (χ1n) is 10.1. The lowest BCUT2D eigenvalue weighted by Gasteiger charge is -2.23. The molecule has 4 rings (SSSR count). The highest BCUT2D eigenvalue weighted by molar-refractivity contribution is 7.92. The van der Waals surface area contributed by atoms with E-state index >= 15 is 0 Å². The molecule has 9 heteroatoms. The Morgan fingerprint density at radius 2 is 1.91 bits per heavy atom. The van der Waals surface area contributed by atoms with Crippen LogP contribution in [0.15, 0.2) is 76.4 Å². The summed E-state index contributed by atoms with van der Waals surface area (Å²) in [6, 6.07) is 17.2. The third-order valence-electron chi connectivity index (χ3n) is 4.96. The summed E-state index contributed by atoms with van der Waals surface area (Å²) in [6.07, 6.45) is 2.92. The van der Waals surface area contributed by atoms with Crippen molar-refractivity contribution in [3.05, 3.63) is 83.8 Å². The third kappa shape index (κ3) is 4.67. The number of para-hydroxylation sites is 1. The molecule has 1 aromatic heterocycles. The van der Waals surface area contributed by atoms with Crippen molar-refractivity contribution < 1.29 is 22.4 Å². The first-order chi connectivity index (χ1) is 15.4. The number of sulfonamides is 1. The number of carbonyl (C=O) groups excluding carboxylic acids is 1. The second-order valence-corrected chi connectivity index (χ2v) is 9.06. The van der Waals surface area contributed by atoms with Gasteiger partial charge >= 0.3 is 5.91 Å². The fraction of sp³-hybridized carbons (Fsp3) is 0.217. The number of carbonyl (C=O) groups is 1. The smallest absolute Gasteiger partial charge is 0.310 e. The standard InChI is InChI=1S/C23H23N3O5S/c1-3-30-17-12-10-16(11-13-17)20-15-21(26(24-20)23(27)22-9-6-14-31-22)18-7-4-5-8-19(18)25-32(2,28)29/h4-14,21,25H,3,15H2,1-2H3/t21-/m0/s1. The SMILES string of the molecule is CCOc1ccc(C2=NN(C(=O)c3ccco3)[C@H](c3ccccc3NS(C)(=O)=O)C2)cc1. The van der Waals surface area contributed by atoms with Gasteiger partial charge in [0.15, 0.2) is 5.76 Å². The maximum Gasteiger partial charge on any atom is 0.310 e. The number of nitrogens with one attached hydrogen (secondary N) is 1. The number of hydrogen-bond donors (Lipinski definition) is 1. The highest BCUT2D eigenvalue weighted by Crippen LogP contribution is 2.37. The van der Waals surface area contributed by atoms with Crippen molar-refractivity contribution >= 4 is 27.3 Å². The van der Waals surface area contributed by atoms with Crippen molar-refractivity contribution in [2.45, 2.75) is 19.4 Å². The van der Waals surface area contributed by atoms with Gasteiger partial charge in [-0.2, -0.15) is 5.10 Å². The molecular weight excluding hydrogens is 430 g/mol. The van der Waals surface area contributed by atoms with Crippen molar-refractivity contribution in [3.63, 3.8) is 0 Å². The van der Waals surface area contributed by atoms with E-state index in [1.165, 1.54) is 11.3 Å². The molecule has 1 amide bonds. The number of hydrazone groups is 1. The summed E-state index contributed by atoms with van der Waals surface area (Å²) in [7, 11) is -3.51. The molecule has 32 heavy (non-hydrogen) atoms. The number of furan rings is 1. The average molecular weight is 454 g/mol. The van der Waals surface area contributed by atoms with Crippen molar-refractivity contribution in [2.24, 2.45) is 5.10 Å². The number of hydrogen-bond acceptors (Lipinski definition) is 6. The summed E-state index contributed by atoms with van der Waals surface area (Å²) in [4.78, 5) is 13.2. The van der Waals surface area contributed by atoms with Crippen LogP contribution in [-0.2, 0) is 10.0 Å². The lowest BCUT2D eigenvalue weighted by molar-refractivity contribution is 0.0679. The quantitative estimate of drug-likeness (QED) is 0.582.